The third-order valence-electron chi connectivity index (χ3n) is 5.53. The fraction of sp³-hybridized carbons (Fsp3) is 0.458. The van der Waals surface area contributed by atoms with E-state index in [4.69, 9.17) is 4.74 Å². The van der Waals surface area contributed by atoms with E-state index in [1.165, 1.54) is 4.31 Å². The number of sulfonamides is 1. The van der Waals surface area contributed by atoms with Gasteiger partial charge in [-0.15, -0.1) is 0 Å². The van der Waals surface area contributed by atoms with Crippen LogP contribution in [0.2, 0.25) is 0 Å². The molecule has 0 bridgehead atoms. The van der Waals surface area contributed by atoms with Crippen LogP contribution in [-0.4, -0.2) is 32.2 Å². The van der Waals surface area contributed by atoms with Crippen LogP contribution in [0.15, 0.2) is 42.5 Å². The number of carbonyl (C=O) groups excluding carboxylic acids is 1. The molecule has 0 radical (unpaired) electrons. The molecule has 2 atom stereocenters. The van der Waals surface area contributed by atoms with E-state index in [2.05, 4.69) is 5.32 Å². The third kappa shape index (κ3) is 5.21. The van der Waals surface area contributed by atoms with Crippen molar-refractivity contribution >= 4 is 21.6 Å². The van der Waals surface area contributed by atoms with E-state index in [0.29, 0.717) is 18.5 Å². The third-order valence-corrected chi connectivity index (χ3v) is 6.70. The number of hydrogen-bond donors (Lipinski definition) is 1. The van der Waals surface area contributed by atoms with Gasteiger partial charge in [-0.3, -0.25) is 9.10 Å². The quantitative estimate of drug-likeness (QED) is 0.722. The van der Waals surface area contributed by atoms with Crippen LogP contribution < -0.4 is 14.4 Å². The molecule has 3 rings (SSSR count). The summed E-state index contributed by atoms with van der Waals surface area (Å²) in [5, 5.41) is 3.12. The Hall–Kier alpha value is -2.54. The normalized spacial score (nSPS) is 18.5. The molecule has 31 heavy (non-hydrogen) atoms. The fourth-order valence-electron chi connectivity index (χ4n) is 4.20. The van der Waals surface area contributed by atoms with E-state index in [0.717, 1.165) is 28.7 Å². The number of nitrogens with zero attached hydrogens (tertiary/aromatic N) is 1. The summed E-state index contributed by atoms with van der Waals surface area (Å²) in [4.78, 5) is 13.4. The number of ether oxygens (including phenoxy) is 1. The first kappa shape index (κ1) is 23.1. The predicted molar refractivity (Wildman–Crippen MR) is 124 cm³/mol. The molecule has 168 valence electrons. The van der Waals surface area contributed by atoms with Crippen molar-refractivity contribution in [2.45, 2.75) is 65.1 Å². The van der Waals surface area contributed by atoms with E-state index in [1.807, 2.05) is 58.9 Å². The largest absolute Gasteiger partial charge is 0.487 e. The van der Waals surface area contributed by atoms with Crippen molar-refractivity contribution in [2.75, 3.05) is 10.6 Å². The van der Waals surface area contributed by atoms with Crippen molar-refractivity contribution in [3.8, 4) is 5.75 Å². The Bertz CT molecular complexity index is 1080. The molecule has 0 aromatic heterocycles. The predicted octanol–water partition coefficient (Wildman–Crippen LogP) is 4.27. The minimum Gasteiger partial charge on any atom is -0.487 e. The minimum atomic E-state index is -3.67. The van der Waals surface area contributed by atoms with Gasteiger partial charge in [0.05, 0.1) is 18.0 Å². The summed E-state index contributed by atoms with van der Waals surface area (Å²) < 4.78 is 32.8. The van der Waals surface area contributed by atoms with Gasteiger partial charge in [0, 0.05) is 12.0 Å². The highest BCUT2D eigenvalue weighted by molar-refractivity contribution is 7.92. The number of aryl methyl sites for hydroxylation is 2. The molecule has 0 fully saturated rings. The Morgan fingerprint density at radius 1 is 1.19 bits per heavy atom. The molecule has 1 amide bonds. The number of amides is 1. The highest BCUT2D eigenvalue weighted by atomic mass is 32.2. The maximum atomic E-state index is 13.4. The first-order valence-corrected chi connectivity index (χ1v) is 12.4. The summed E-state index contributed by atoms with van der Waals surface area (Å²) in [6.07, 6.45) is 2.08. The molecule has 7 heteroatoms. The van der Waals surface area contributed by atoms with Gasteiger partial charge in [0.1, 0.15) is 17.4 Å². The number of fused-ring (bicyclic) bond motifs is 1. The zero-order chi connectivity index (χ0) is 23.0. The van der Waals surface area contributed by atoms with Gasteiger partial charge in [-0.05, 0) is 57.9 Å². The summed E-state index contributed by atoms with van der Waals surface area (Å²) in [6.45, 7) is 9.69. The molecule has 1 aliphatic rings. The van der Waals surface area contributed by atoms with Crippen LogP contribution in [0.4, 0.5) is 5.69 Å². The number of benzene rings is 2. The van der Waals surface area contributed by atoms with Crippen molar-refractivity contribution in [3.63, 3.8) is 0 Å². The molecule has 2 aromatic rings. The van der Waals surface area contributed by atoms with Gasteiger partial charge in [0.2, 0.25) is 15.9 Å². The molecule has 2 aromatic carbocycles. The monoisotopic (exact) mass is 444 g/mol. The van der Waals surface area contributed by atoms with Crippen LogP contribution in [-0.2, 0) is 14.8 Å². The van der Waals surface area contributed by atoms with Crippen molar-refractivity contribution in [1.29, 1.82) is 0 Å². The Balaban J connectivity index is 1.96. The van der Waals surface area contributed by atoms with Crippen LogP contribution in [0.3, 0.4) is 0 Å². The summed E-state index contributed by atoms with van der Waals surface area (Å²) in [7, 11) is -3.67. The van der Waals surface area contributed by atoms with Gasteiger partial charge in [-0.1, -0.05) is 36.8 Å². The van der Waals surface area contributed by atoms with Gasteiger partial charge in [0.15, 0.2) is 0 Å². The first-order valence-electron chi connectivity index (χ1n) is 10.6. The van der Waals surface area contributed by atoms with Crippen LogP contribution in [0.5, 0.6) is 5.75 Å². The van der Waals surface area contributed by atoms with Crippen molar-refractivity contribution in [2.24, 2.45) is 0 Å². The highest BCUT2D eigenvalue weighted by Gasteiger charge is 2.37. The van der Waals surface area contributed by atoms with E-state index >= 15 is 0 Å². The molecule has 0 saturated heterocycles. The number of carbonyl (C=O) groups is 1. The first-order chi connectivity index (χ1) is 14.4. The number of hydrogen-bond acceptors (Lipinski definition) is 4. The van der Waals surface area contributed by atoms with Gasteiger partial charge < -0.3 is 10.1 Å². The van der Waals surface area contributed by atoms with E-state index < -0.39 is 21.7 Å². The Morgan fingerprint density at radius 2 is 1.87 bits per heavy atom. The highest BCUT2D eigenvalue weighted by Crippen LogP contribution is 2.40. The lowest BCUT2D eigenvalue weighted by Gasteiger charge is -2.39. The Labute approximate surface area is 185 Å². The zero-order valence-corrected chi connectivity index (χ0v) is 19.9. The molecule has 1 heterocycles. The average molecular weight is 445 g/mol. The number of anilines is 1. The Morgan fingerprint density at radius 3 is 2.48 bits per heavy atom. The maximum absolute atomic E-state index is 13.4. The number of nitrogens with one attached hydrogen (secondary N) is 1. The molecule has 1 aliphatic heterocycles. The lowest BCUT2D eigenvalue weighted by Crippen LogP contribution is -2.51. The van der Waals surface area contributed by atoms with Crippen molar-refractivity contribution < 1.29 is 17.9 Å². The van der Waals surface area contributed by atoms with Crippen LogP contribution >= 0.6 is 0 Å². The van der Waals surface area contributed by atoms with Crippen LogP contribution in [0, 0.1) is 13.8 Å². The van der Waals surface area contributed by atoms with Crippen LogP contribution in [0.1, 0.15) is 56.3 Å². The summed E-state index contributed by atoms with van der Waals surface area (Å²) in [6, 6.07) is 12.0. The van der Waals surface area contributed by atoms with Gasteiger partial charge in [-0.25, -0.2) is 8.42 Å². The van der Waals surface area contributed by atoms with E-state index in [1.54, 1.807) is 18.2 Å². The standard InChI is InChI=1S/C24H32N2O4S/c1-7-21(26(31(6,28)29)18-10-8-9-16(2)13-18)23(27)25-20-15-24(4,5)30-22-12-11-17(3)14-19(20)22/h8-14,20-21H,7,15H2,1-6H3,(H,25,27)/t20-,21-/m1/s1. The smallest absolute Gasteiger partial charge is 0.244 e. The topological polar surface area (TPSA) is 75.7 Å². The lowest BCUT2D eigenvalue weighted by molar-refractivity contribution is -0.123. The van der Waals surface area contributed by atoms with Gasteiger partial charge >= 0.3 is 0 Å². The molecule has 0 spiro atoms. The number of rotatable bonds is 6. The average Bonchev–Trinajstić information content (AvgIpc) is 2.64. The van der Waals surface area contributed by atoms with Crippen LogP contribution in [0.25, 0.3) is 0 Å². The summed E-state index contributed by atoms with van der Waals surface area (Å²) >= 11 is 0. The molecular weight excluding hydrogens is 412 g/mol. The molecule has 0 saturated carbocycles. The molecular formula is C24H32N2O4S. The molecule has 0 aliphatic carbocycles. The Kier molecular flexibility index (Phi) is 6.37. The van der Waals surface area contributed by atoms with Crippen molar-refractivity contribution in [3.05, 3.63) is 59.2 Å². The molecule has 6 nitrogen and oxygen atoms in total. The SMILES string of the molecule is CC[C@H](C(=O)N[C@@H]1CC(C)(C)Oc2ccc(C)cc21)N(c1cccc(C)c1)S(C)(=O)=O. The summed E-state index contributed by atoms with van der Waals surface area (Å²) in [5.41, 5.74) is 2.97. The van der Waals surface area contributed by atoms with Gasteiger partial charge in [0.25, 0.3) is 0 Å². The maximum Gasteiger partial charge on any atom is 0.244 e. The minimum absolute atomic E-state index is 0.265. The summed E-state index contributed by atoms with van der Waals surface area (Å²) in [5.74, 6) is 0.434. The van der Waals surface area contributed by atoms with E-state index in [9.17, 15) is 13.2 Å². The molecule has 1 N–H and O–H groups in total. The van der Waals surface area contributed by atoms with Crippen molar-refractivity contribution in [1.82, 2.24) is 5.32 Å². The lowest BCUT2D eigenvalue weighted by atomic mass is 9.88. The van der Waals surface area contributed by atoms with Gasteiger partial charge in [-0.2, -0.15) is 0 Å². The second-order valence-electron chi connectivity index (χ2n) is 8.99. The second kappa shape index (κ2) is 8.54. The zero-order valence-electron chi connectivity index (χ0n) is 19.1. The second-order valence-corrected chi connectivity index (χ2v) is 10.8. The van der Waals surface area contributed by atoms with E-state index in [-0.39, 0.29) is 11.9 Å². The molecule has 0 unspecified atom stereocenters. The fourth-order valence-corrected chi connectivity index (χ4v) is 5.40.